The number of carboxylic acids is 1. The Morgan fingerprint density at radius 2 is 1.26 bits per heavy atom. The Morgan fingerprint density at radius 3 is 1.74 bits per heavy atom. The van der Waals surface area contributed by atoms with Crippen molar-refractivity contribution in [2.75, 3.05) is 39.3 Å². The van der Waals surface area contributed by atoms with Gasteiger partial charge in [0.05, 0.1) is 19.5 Å². The largest absolute Gasteiger partial charge is 0.480 e. The zero-order valence-corrected chi connectivity index (χ0v) is 22.8. The number of hydrogen-bond donors (Lipinski definition) is 3. The number of nitrogens with one attached hydrogen (secondary N) is 2. The monoisotopic (exact) mass is 503 g/mol. The fourth-order valence-electron chi connectivity index (χ4n) is 2.82. The maximum atomic E-state index is 12.6. The smallest absolute Gasteiger partial charge is 0.324 e. The zero-order valence-electron chi connectivity index (χ0n) is 22.8. The van der Waals surface area contributed by atoms with Crippen molar-refractivity contribution in [2.24, 2.45) is 0 Å². The number of carbonyl (C=O) groups excluding carboxylic acids is 3. The second-order valence-corrected chi connectivity index (χ2v) is 11.3. The van der Waals surface area contributed by atoms with E-state index in [-0.39, 0.29) is 32.6 Å². The second kappa shape index (κ2) is 14.4. The van der Waals surface area contributed by atoms with Gasteiger partial charge in [0.1, 0.15) is 22.8 Å². The molecule has 0 spiro atoms. The van der Waals surface area contributed by atoms with Gasteiger partial charge in [0, 0.05) is 26.2 Å². The molecular weight excluding hydrogens is 458 g/mol. The first-order chi connectivity index (χ1) is 15.8. The molecule has 0 radical (unpaired) electrons. The highest BCUT2D eigenvalue weighted by atomic mass is 16.6. The van der Waals surface area contributed by atoms with Crippen LogP contribution in [0.5, 0.6) is 0 Å². The molecule has 0 saturated heterocycles. The van der Waals surface area contributed by atoms with Gasteiger partial charge in [-0.2, -0.15) is 0 Å². The third-order valence-corrected chi connectivity index (χ3v) is 3.95. The van der Waals surface area contributed by atoms with Crippen LogP contribution in [0.2, 0.25) is 0 Å². The van der Waals surface area contributed by atoms with Crippen LogP contribution in [-0.2, 0) is 33.4 Å². The van der Waals surface area contributed by atoms with Crippen LogP contribution in [0.15, 0.2) is 0 Å². The van der Waals surface area contributed by atoms with Crippen molar-refractivity contribution >= 4 is 23.9 Å². The van der Waals surface area contributed by atoms with E-state index in [1.807, 2.05) is 0 Å². The predicted molar refractivity (Wildman–Crippen MR) is 131 cm³/mol. The Balaban J connectivity index is 4.90. The van der Waals surface area contributed by atoms with Crippen molar-refractivity contribution in [1.29, 1.82) is 0 Å². The molecule has 35 heavy (non-hydrogen) atoms. The molecule has 0 aliphatic rings. The van der Waals surface area contributed by atoms with Gasteiger partial charge in [-0.1, -0.05) is 0 Å². The molecule has 0 bridgehead atoms. The summed E-state index contributed by atoms with van der Waals surface area (Å²) in [6, 6.07) is -0.943. The van der Waals surface area contributed by atoms with Gasteiger partial charge in [-0.3, -0.25) is 24.1 Å². The van der Waals surface area contributed by atoms with Gasteiger partial charge in [-0.25, -0.2) is 0 Å². The van der Waals surface area contributed by atoms with Gasteiger partial charge in [-0.15, -0.1) is 0 Å². The van der Waals surface area contributed by atoms with Crippen molar-refractivity contribution in [1.82, 2.24) is 15.5 Å². The summed E-state index contributed by atoms with van der Waals surface area (Å²) in [5.41, 5.74) is -2.01. The lowest BCUT2D eigenvalue weighted by Gasteiger charge is -2.27. The molecule has 11 heteroatoms. The van der Waals surface area contributed by atoms with Crippen LogP contribution < -0.4 is 10.6 Å². The summed E-state index contributed by atoms with van der Waals surface area (Å²) in [7, 11) is 0. The summed E-state index contributed by atoms with van der Waals surface area (Å²) in [6.07, 6.45) is -0.220. The van der Waals surface area contributed by atoms with E-state index in [0.717, 1.165) is 0 Å². The first-order valence-corrected chi connectivity index (χ1v) is 11.8. The average molecular weight is 504 g/mol. The fourth-order valence-corrected chi connectivity index (χ4v) is 2.82. The topological polar surface area (TPSA) is 144 Å². The van der Waals surface area contributed by atoms with E-state index in [1.54, 1.807) is 67.2 Å². The summed E-state index contributed by atoms with van der Waals surface area (Å²) >= 11 is 0. The van der Waals surface area contributed by atoms with Crippen molar-refractivity contribution in [3.63, 3.8) is 0 Å². The van der Waals surface area contributed by atoms with Crippen LogP contribution in [-0.4, -0.2) is 96.0 Å². The summed E-state index contributed by atoms with van der Waals surface area (Å²) in [5, 5.41) is 15.1. The molecule has 0 heterocycles. The van der Waals surface area contributed by atoms with Gasteiger partial charge < -0.3 is 30.0 Å². The molecular formula is C24H45N3O8. The lowest BCUT2D eigenvalue weighted by atomic mass is 10.1. The number of aliphatic carboxylic acids is 1. The highest BCUT2D eigenvalue weighted by molar-refractivity contribution is 5.83. The van der Waals surface area contributed by atoms with Gasteiger partial charge in [-0.05, 0) is 62.3 Å². The van der Waals surface area contributed by atoms with Crippen molar-refractivity contribution in [2.45, 2.75) is 91.6 Å². The van der Waals surface area contributed by atoms with E-state index in [2.05, 4.69) is 10.6 Å². The number of carbonyl (C=O) groups is 4. The third-order valence-electron chi connectivity index (χ3n) is 3.95. The van der Waals surface area contributed by atoms with E-state index < -0.39 is 46.7 Å². The fraction of sp³-hybridized carbons (Fsp3) is 0.833. The summed E-state index contributed by atoms with van der Waals surface area (Å²) in [6.45, 7) is 16.7. The highest BCUT2D eigenvalue weighted by Crippen LogP contribution is 2.13. The Bertz CT molecular complexity index is 705. The Morgan fingerprint density at radius 1 is 0.771 bits per heavy atom. The Labute approximate surface area is 209 Å². The normalized spacial score (nSPS) is 13.3. The number of hydrogen-bond acceptors (Lipinski definition) is 10. The van der Waals surface area contributed by atoms with Crippen molar-refractivity contribution in [3.05, 3.63) is 0 Å². The number of esters is 3. The molecule has 0 aromatic heterocycles. The Hall–Kier alpha value is -2.24. The lowest BCUT2D eigenvalue weighted by Crippen LogP contribution is -2.47. The van der Waals surface area contributed by atoms with Gasteiger partial charge in [0.15, 0.2) is 0 Å². The van der Waals surface area contributed by atoms with Crippen LogP contribution in [0.4, 0.5) is 0 Å². The quantitative estimate of drug-likeness (QED) is 0.179. The summed E-state index contributed by atoms with van der Waals surface area (Å²) in [4.78, 5) is 49.6. The van der Waals surface area contributed by atoms with Crippen LogP contribution in [0.25, 0.3) is 0 Å². The van der Waals surface area contributed by atoms with E-state index in [9.17, 15) is 24.3 Å². The molecule has 0 amide bonds. The third kappa shape index (κ3) is 19.7. The lowest BCUT2D eigenvalue weighted by molar-refractivity contribution is -0.164. The molecule has 1 atom stereocenters. The highest BCUT2D eigenvalue weighted by Gasteiger charge is 2.29. The molecule has 0 aliphatic heterocycles. The minimum absolute atomic E-state index is 0.00698. The van der Waals surface area contributed by atoms with Crippen LogP contribution in [0.3, 0.4) is 0 Å². The van der Waals surface area contributed by atoms with Crippen LogP contribution >= 0.6 is 0 Å². The molecule has 0 aromatic rings. The van der Waals surface area contributed by atoms with Crippen LogP contribution in [0.1, 0.15) is 68.7 Å². The van der Waals surface area contributed by atoms with E-state index in [1.165, 1.54) is 0 Å². The summed E-state index contributed by atoms with van der Waals surface area (Å²) < 4.78 is 16.0. The van der Waals surface area contributed by atoms with Crippen LogP contribution in [0, 0.1) is 0 Å². The number of ether oxygens (including phenoxy) is 3. The van der Waals surface area contributed by atoms with Gasteiger partial charge in [0.2, 0.25) is 0 Å². The minimum atomic E-state index is -1.01. The first kappa shape index (κ1) is 32.8. The maximum absolute atomic E-state index is 12.6. The zero-order chi connectivity index (χ0) is 27.4. The molecule has 0 rings (SSSR count). The van der Waals surface area contributed by atoms with E-state index >= 15 is 0 Å². The average Bonchev–Trinajstić information content (AvgIpc) is 2.59. The molecule has 0 aromatic carbocycles. The van der Waals surface area contributed by atoms with E-state index in [4.69, 9.17) is 14.2 Å². The summed E-state index contributed by atoms with van der Waals surface area (Å²) in [5.74, 6) is -2.54. The second-order valence-electron chi connectivity index (χ2n) is 11.3. The molecule has 1 unspecified atom stereocenters. The van der Waals surface area contributed by atoms with E-state index in [0.29, 0.717) is 13.1 Å². The molecule has 11 nitrogen and oxygen atoms in total. The number of rotatable bonds is 14. The minimum Gasteiger partial charge on any atom is -0.480 e. The van der Waals surface area contributed by atoms with Crippen molar-refractivity contribution < 1.29 is 38.5 Å². The van der Waals surface area contributed by atoms with Crippen molar-refractivity contribution in [3.8, 4) is 0 Å². The SMILES string of the molecule is CC(C)(C)OC(=O)CNCCN(CCNC(CC(=O)OC(C)(C)C)C(=O)OC(C)(C)C)CC(=O)O. The number of nitrogens with zero attached hydrogens (tertiary/aromatic N) is 1. The molecule has 204 valence electrons. The standard InChI is InChI=1S/C24H45N3O8/c1-22(2,3)33-19(30)14-17(21(32)35-24(7,8)9)26-11-13-27(16-18(28)29)12-10-25-15-20(31)34-23(4,5)6/h17,25-26H,10-16H2,1-9H3,(H,28,29). The molecule has 0 aliphatic carbocycles. The molecule has 0 saturated carbocycles. The van der Waals surface area contributed by atoms with Gasteiger partial charge >= 0.3 is 23.9 Å². The molecule has 3 N–H and O–H groups in total. The Kier molecular flexibility index (Phi) is 13.4. The maximum Gasteiger partial charge on any atom is 0.324 e. The molecule has 0 fully saturated rings. The van der Waals surface area contributed by atoms with Gasteiger partial charge in [0.25, 0.3) is 0 Å². The first-order valence-electron chi connectivity index (χ1n) is 11.8. The number of carboxylic acid groups (broad SMARTS) is 1. The predicted octanol–water partition coefficient (Wildman–Crippen LogP) is 1.34.